The Morgan fingerprint density at radius 3 is 2.22 bits per heavy atom. The summed E-state index contributed by atoms with van der Waals surface area (Å²) in [5.41, 5.74) is 2.11. The lowest BCUT2D eigenvalue weighted by Crippen LogP contribution is -2.60. The smallest absolute Gasteiger partial charge is 0.357 e. The molecule has 2 aromatic rings. The summed E-state index contributed by atoms with van der Waals surface area (Å²) in [5, 5.41) is 4.67. The number of alkyl halides is 5. The molecule has 3 nitrogen and oxygen atoms in total. The fourth-order valence-corrected chi connectivity index (χ4v) is 5.09. The van der Waals surface area contributed by atoms with E-state index < -0.39 is 33.5 Å². The van der Waals surface area contributed by atoms with Crippen molar-refractivity contribution >= 4 is 24.4 Å². The molecule has 0 saturated carbocycles. The molecule has 0 amide bonds. The summed E-state index contributed by atoms with van der Waals surface area (Å²) in [6.45, 7) is 5.45. The predicted octanol–water partition coefficient (Wildman–Crippen LogP) is 6.02. The fourth-order valence-electron chi connectivity index (χ4n) is 3.75. The molecule has 0 radical (unpaired) electrons. The van der Waals surface area contributed by atoms with Crippen LogP contribution in [-0.2, 0) is 6.42 Å². The van der Waals surface area contributed by atoms with Crippen molar-refractivity contribution in [1.29, 1.82) is 0 Å². The van der Waals surface area contributed by atoms with Crippen LogP contribution in [0.25, 0.3) is 11.1 Å². The average molecular weight is 493 g/mol. The minimum atomic E-state index is -4.99. The first-order valence-electron chi connectivity index (χ1n) is 9.61. The van der Waals surface area contributed by atoms with Gasteiger partial charge in [-0.3, -0.25) is 0 Å². The van der Waals surface area contributed by atoms with Gasteiger partial charge in [-0.2, -0.15) is 30.2 Å². The highest BCUT2D eigenvalue weighted by Gasteiger charge is 2.73. The van der Waals surface area contributed by atoms with E-state index in [4.69, 9.17) is 4.42 Å². The number of halogens is 5. The molecule has 10 heteroatoms. The normalized spacial score (nSPS) is 24.0. The lowest BCUT2D eigenvalue weighted by Gasteiger charge is -2.40. The molecule has 0 aliphatic heterocycles. The first-order valence-corrected chi connectivity index (χ1v) is 11.1. The average Bonchev–Trinajstić information content (AvgIpc) is 2.66. The van der Waals surface area contributed by atoms with Crippen molar-refractivity contribution in [1.82, 2.24) is 0 Å². The first kappa shape index (κ1) is 24.7. The van der Waals surface area contributed by atoms with Gasteiger partial charge in [0, 0.05) is 18.2 Å². The molecular weight excluding hydrogens is 471 g/mol. The second-order valence-corrected chi connectivity index (χ2v) is 9.63. The summed E-state index contributed by atoms with van der Waals surface area (Å²) in [6, 6.07) is 4.83. The molecular formula is C22H21F5O3S2. The molecule has 3 rings (SSSR count). The SMILES string of the molecule is Cc1cc(C)c(-c2c(O)cc(CCSC3(F)C=CC(S)C(F)(F)C3(F)F)oc2=O)c(C)c1. The van der Waals surface area contributed by atoms with E-state index in [0.717, 1.165) is 22.8 Å². The van der Waals surface area contributed by atoms with Gasteiger partial charge in [0.2, 0.25) is 5.00 Å². The van der Waals surface area contributed by atoms with E-state index in [1.807, 2.05) is 19.1 Å². The van der Waals surface area contributed by atoms with Gasteiger partial charge in [0.25, 0.3) is 0 Å². The van der Waals surface area contributed by atoms with Crippen LogP contribution in [0.4, 0.5) is 22.0 Å². The van der Waals surface area contributed by atoms with Gasteiger partial charge in [-0.05, 0) is 43.5 Å². The number of hydrogen-bond donors (Lipinski definition) is 2. The standard InChI is InChI=1S/C22H21F5O3S2/c1-11-8-12(2)17(13(3)9-11)18-15(28)10-14(30-19(18)29)5-7-32-20(23)6-4-16(31)21(24,25)22(20,26)27/h4,6,8-10,16,28,31H,5,7H2,1-3H3. The van der Waals surface area contributed by atoms with Gasteiger partial charge in [-0.25, -0.2) is 9.18 Å². The third kappa shape index (κ3) is 4.07. The van der Waals surface area contributed by atoms with Crippen LogP contribution in [0.2, 0.25) is 0 Å². The first-order chi connectivity index (χ1) is 14.7. The van der Waals surface area contributed by atoms with E-state index in [0.29, 0.717) is 17.7 Å². The van der Waals surface area contributed by atoms with Crippen molar-refractivity contribution in [3.05, 3.63) is 63.2 Å². The lowest BCUT2D eigenvalue weighted by atomic mass is 9.94. The van der Waals surface area contributed by atoms with Crippen LogP contribution in [0.15, 0.2) is 39.6 Å². The maximum Gasteiger partial charge on any atom is 0.357 e. The zero-order valence-electron chi connectivity index (χ0n) is 17.4. The molecule has 2 atom stereocenters. The summed E-state index contributed by atoms with van der Waals surface area (Å²) < 4.78 is 75.8. The molecule has 0 saturated heterocycles. The van der Waals surface area contributed by atoms with Crippen LogP contribution >= 0.6 is 24.4 Å². The summed E-state index contributed by atoms with van der Waals surface area (Å²) in [7, 11) is 0. The Labute approximate surface area is 191 Å². The van der Waals surface area contributed by atoms with Crippen molar-refractivity contribution in [2.24, 2.45) is 0 Å². The van der Waals surface area contributed by atoms with E-state index in [1.54, 1.807) is 13.8 Å². The zero-order valence-corrected chi connectivity index (χ0v) is 19.1. The summed E-state index contributed by atoms with van der Waals surface area (Å²) in [5.74, 6) is -10.5. The molecule has 1 aromatic heterocycles. The molecule has 0 bridgehead atoms. The molecule has 1 N–H and O–H groups in total. The van der Waals surface area contributed by atoms with Gasteiger partial charge in [-0.1, -0.05) is 23.8 Å². The van der Waals surface area contributed by atoms with Gasteiger partial charge in [0.15, 0.2) is 0 Å². The highest BCUT2D eigenvalue weighted by Crippen LogP contribution is 2.56. The molecule has 1 aliphatic carbocycles. The third-order valence-corrected chi connectivity index (χ3v) is 7.00. The van der Waals surface area contributed by atoms with Crippen LogP contribution < -0.4 is 5.63 Å². The molecule has 0 spiro atoms. The van der Waals surface area contributed by atoms with E-state index in [1.165, 1.54) is 0 Å². The Hall–Kier alpha value is -1.94. The predicted molar refractivity (Wildman–Crippen MR) is 118 cm³/mol. The fraction of sp³-hybridized carbons (Fsp3) is 0.409. The molecule has 1 heterocycles. The quantitative estimate of drug-likeness (QED) is 0.305. The van der Waals surface area contributed by atoms with E-state index in [9.17, 15) is 31.9 Å². The van der Waals surface area contributed by atoms with Crippen LogP contribution in [-0.4, -0.2) is 33.0 Å². The monoisotopic (exact) mass is 492 g/mol. The van der Waals surface area contributed by atoms with E-state index in [2.05, 4.69) is 12.6 Å². The Morgan fingerprint density at radius 2 is 1.66 bits per heavy atom. The molecule has 1 aromatic carbocycles. The Bertz CT molecular complexity index is 1110. The van der Waals surface area contributed by atoms with E-state index >= 15 is 0 Å². The minimum absolute atomic E-state index is 0.0365. The van der Waals surface area contributed by atoms with Crippen molar-refractivity contribution in [2.75, 3.05) is 5.75 Å². The lowest BCUT2D eigenvalue weighted by molar-refractivity contribution is -0.238. The third-order valence-electron chi connectivity index (χ3n) is 5.28. The second kappa shape index (κ2) is 8.44. The largest absolute Gasteiger partial charge is 0.507 e. The minimum Gasteiger partial charge on any atom is -0.507 e. The number of thiol groups is 1. The number of rotatable bonds is 5. The summed E-state index contributed by atoms with van der Waals surface area (Å²) >= 11 is 3.36. The van der Waals surface area contributed by atoms with Crippen LogP contribution in [0.5, 0.6) is 5.75 Å². The molecule has 1 aliphatic rings. The summed E-state index contributed by atoms with van der Waals surface area (Å²) in [4.78, 5) is 12.6. The number of aryl methyl sites for hydroxylation is 4. The highest BCUT2D eigenvalue weighted by molar-refractivity contribution is 8.00. The van der Waals surface area contributed by atoms with Gasteiger partial charge < -0.3 is 9.52 Å². The van der Waals surface area contributed by atoms with E-state index in [-0.39, 0.29) is 35.3 Å². The maximum atomic E-state index is 14.8. The number of benzene rings is 1. The Balaban J connectivity index is 1.83. The number of aromatic hydroxyl groups is 1. The highest BCUT2D eigenvalue weighted by atomic mass is 32.2. The zero-order chi connectivity index (χ0) is 24.1. The Morgan fingerprint density at radius 1 is 1.06 bits per heavy atom. The number of hydrogen-bond acceptors (Lipinski definition) is 5. The second-order valence-electron chi connectivity index (χ2n) is 7.78. The maximum absolute atomic E-state index is 14.8. The van der Waals surface area contributed by atoms with Crippen molar-refractivity contribution in [3.8, 4) is 16.9 Å². The van der Waals surface area contributed by atoms with Gasteiger partial charge in [0.1, 0.15) is 17.1 Å². The number of thioether (sulfide) groups is 1. The van der Waals surface area contributed by atoms with Gasteiger partial charge >= 0.3 is 17.5 Å². The van der Waals surface area contributed by atoms with Crippen molar-refractivity contribution in [2.45, 2.75) is 49.3 Å². The van der Waals surface area contributed by atoms with Crippen molar-refractivity contribution < 1.29 is 31.5 Å². The molecule has 32 heavy (non-hydrogen) atoms. The van der Waals surface area contributed by atoms with Crippen LogP contribution in [0, 0.1) is 20.8 Å². The van der Waals surface area contributed by atoms with Gasteiger partial charge in [-0.15, -0.1) is 11.8 Å². The van der Waals surface area contributed by atoms with Gasteiger partial charge in [0.05, 0.1) is 5.25 Å². The van der Waals surface area contributed by atoms with Crippen LogP contribution in [0.1, 0.15) is 22.5 Å². The van der Waals surface area contributed by atoms with Crippen LogP contribution in [0.3, 0.4) is 0 Å². The topological polar surface area (TPSA) is 50.4 Å². The van der Waals surface area contributed by atoms with Crippen molar-refractivity contribution in [3.63, 3.8) is 0 Å². The Kier molecular flexibility index (Phi) is 6.52. The molecule has 174 valence electrons. The molecule has 2 unspecified atom stereocenters. The molecule has 0 fully saturated rings. The summed E-state index contributed by atoms with van der Waals surface area (Å²) in [6.07, 6.45) is 0.734.